The molecular weight excluding hydrogens is 218 g/mol. The highest BCUT2D eigenvalue weighted by molar-refractivity contribution is 5.85. The van der Waals surface area contributed by atoms with E-state index in [1.54, 1.807) is 0 Å². The molecule has 0 radical (unpaired) electrons. The first-order valence-electron chi connectivity index (χ1n) is 6.10. The molecule has 90 valence electrons. The molecule has 1 atom stereocenters. The van der Waals surface area contributed by atoms with Crippen molar-refractivity contribution in [3.8, 4) is 0 Å². The van der Waals surface area contributed by atoms with E-state index in [2.05, 4.69) is 43.4 Å². The second-order valence-corrected chi connectivity index (χ2v) is 4.82. The summed E-state index contributed by atoms with van der Waals surface area (Å²) in [5.74, 6) is 0.637. The maximum absolute atomic E-state index is 3.58. The lowest BCUT2D eigenvalue weighted by Crippen LogP contribution is -2.26. The number of benzene rings is 1. The fourth-order valence-corrected chi connectivity index (χ4v) is 2.25. The van der Waals surface area contributed by atoms with Gasteiger partial charge in [-0.2, -0.15) is 0 Å². The minimum Gasteiger partial charge on any atom is -0.310 e. The summed E-state index contributed by atoms with van der Waals surface area (Å²) in [6.07, 6.45) is 3.99. The van der Waals surface area contributed by atoms with Crippen molar-refractivity contribution in [3.63, 3.8) is 0 Å². The van der Waals surface area contributed by atoms with Crippen LogP contribution >= 0.6 is 12.4 Å². The standard InChI is InChI=1S/C14H21N.ClH/c1-11(2)12-6-8-13(9-7-12)14-5-3-4-10-15-14;/h6-9,11,14-15H,3-5,10H2,1-2H3;1H/t14-;/m0./s1. The van der Waals surface area contributed by atoms with Crippen molar-refractivity contribution in [1.82, 2.24) is 5.32 Å². The Labute approximate surface area is 105 Å². The average molecular weight is 240 g/mol. The Balaban J connectivity index is 0.00000128. The molecule has 2 rings (SSSR count). The number of hydrogen-bond acceptors (Lipinski definition) is 1. The molecule has 0 aromatic heterocycles. The predicted octanol–water partition coefficient (Wildman–Crippen LogP) is 4.05. The molecule has 1 aromatic rings. The Morgan fingerprint density at radius 3 is 2.31 bits per heavy atom. The molecule has 1 aliphatic rings. The van der Waals surface area contributed by atoms with Crippen LogP contribution < -0.4 is 5.32 Å². The third kappa shape index (κ3) is 3.23. The van der Waals surface area contributed by atoms with Crippen LogP contribution in [-0.2, 0) is 0 Å². The zero-order valence-corrected chi connectivity index (χ0v) is 11.0. The van der Waals surface area contributed by atoms with Gasteiger partial charge in [-0.1, -0.05) is 44.5 Å². The van der Waals surface area contributed by atoms with Gasteiger partial charge in [0.05, 0.1) is 0 Å². The quantitative estimate of drug-likeness (QED) is 0.821. The van der Waals surface area contributed by atoms with Crippen LogP contribution in [0.25, 0.3) is 0 Å². The topological polar surface area (TPSA) is 12.0 Å². The molecule has 2 heteroatoms. The highest BCUT2D eigenvalue weighted by Gasteiger charge is 2.14. The Hall–Kier alpha value is -0.530. The summed E-state index contributed by atoms with van der Waals surface area (Å²) in [5, 5.41) is 3.58. The van der Waals surface area contributed by atoms with E-state index in [0.29, 0.717) is 12.0 Å². The molecule has 1 nitrogen and oxygen atoms in total. The highest BCUT2D eigenvalue weighted by Crippen LogP contribution is 2.24. The predicted molar refractivity (Wildman–Crippen MR) is 72.4 cm³/mol. The molecule has 1 fully saturated rings. The Morgan fingerprint density at radius 1 is 1.12 bits per heavy atom. The molecule has 0 bridgehead atoms. The van der Waals surface area contributed by atoms with E-state index < -0.39 is 0 Å². The van der Waals surface area contributed by atoms with Gasteiger partial charge >= 0.3 is 0 Å². The van der Waals surface area contributed by atoms with Crippen LogP contribution in [0.4, 0.5) is 0 Å². The minimum absolute atomic E-state index is 0. The van der Waals surface area contributed by atoms with Crippen LogP contribution in [0, 0.1) is 0 Å². The highest BCUT2D eigenvalue weighted by atomic mass is 35.5. The number of piperidine rings is 1. The van der Waals surface area contributed by atoms with Crippen molar-refractivity contribution in [2.45, 2.75) is 45.1 Å². The van der Waals surface area contributed by atoms with E-state index >= 15 is 0 Å². The van der Waals surface area contributed by atoms with Crippen LogP contribution in [0.3, 0.4) is 0 Å². The van der Waals surface area contributed by atoms with Crippen LogP contribution in [0.1, 0.15) is 56.2 Å². The molecule has 1 N–H and O–H groups in total. The first-order valence-corrected chi connectivity index (χ1v) is 6.10. The Bertz CT molecular complexity index is 299. The maximum Gasteiger partial charge on any atom is 0.0320 e. The van der Waals surface area contributed by atoms with Crippen molar-refractivity contribution in [2.75, 3.05) is 6.54 Å². The fraction of sp³-hybridized carbons (Fsp3) is 0.571. The van der Waals surface area contributed by atoms with Crippen molar-refractivity contribution in [1.29, 1.82) is 0 Å². The summed E-state index contributed by atoms with van der Waals surface area (Å²) in [4.78, 5) is 0. The van der Waals surface area contributed by atoms with E-state index in [-0.39, 0.29) is 12.4 Å². The molecule has 1 aromatic carbocycles. The van der Waals surface area contributed by atoms with Gasteiger partial charge in [0.2, 0.25) is 0 Å². The number of rotatable bonds is 2. The van der Waals surface area contributed by atoms with Gasteiger partial charge in [-0.25, -0.2) is 0 Å². The number of hydrogen-bond donors (Lipinski definition) is 1. The molecule has 1 heterocycles. The van der Waals surface area contributed by atoms with Gasteiger partial charge in [0.15, 0.2) is 0 Å². The molecule has 0 amide bonds. The van der Waals surface area contributed by atoms with Gasteiger partial charge in [0.25, 0.3) is 0 Å². The summed E-state index contributed by atoms with van der Waals surface area (Å²) in [6, 6.07) is 9.73. The molecule has 0 aliphatic carbocycles. The van der Waals surface area contributed by atoms with Gasteiger partial charge in [-0.15, -0.1) is 12.4 Å². The lowest BCUT2D eigenvalue weighted by Gasteiger charge is -2.24. The van der Waals surface area contributed by atoms with Crippen molar-refractivity contribution < 1.29 is 0 Å². The van der Waals surface area contributed by atoms with Crippen molar-refractivity contribution >= 4 is 12.4 Å². The molecule has 16 heavy (non-hydrogen) atoms. The Morgan fingerprint density at radius 2 is 1.81 bits per heavy atom. The number of halogens is 1. The lowest BCUT2D eigenvalue weighted by atomic mass is 9.95. The first kappa shape index (κ1) is 13.5. The second-order valence-electron chi connectivity index (χ2n) is 4.82. The van der Waals surface area contributed by atoms with Gasteiger partial charge in [0.1, 0.15) is 0 Å². The van der Waals surface area contributed by atoms with Crippen LogP contribution in [0.15, 0.2) is 24.3 Å². The third-order valence-corrected chi connectivity index (χ3v) is 3.32. The van der Waals surface area contributed by atoms with Gasteiger partial charge in [-0.3, -0.25) is 0 Å². The summed E-state index contributed by atoms with van der Waals surface area (Å²) in [6.45, 7) is 5.67. The van der Waals surface area contributed by atoms with Crippen LogP contribution in [-0.4, -0.2) is 6.54 Å². The van der Waals surface area contributed by atoms with Crippen molar-refractivity contribution in [3.05, 3.63) is 35.4 Å². The zero-order valence-electron chi connectivity index (χ0n) is 10.2. The number of nitrogens with one attached hydrogen (secondary N) is 1. The maximum atomic E-state index is 3.58. The normalized spacial score (nSPS) is 20.6. The largest absolute Gasteiger partial charge is 0.310 e. The van der Waals surface area contributed by atoms with Gasteiger partial charge in [0, 0.05) is 6.04 Å². The molecule has 0 saturated carbocycles. The molecule has 0 unspecified atom stereocenters. The zero-order chi connectivity index (χ0) is 10.7. The van der Waals surface area contributed by atoms with Crippen LogP contribution in [0.5, 0.6) is 0 Å². The fourth-order valence-electron chi connectivity index (χ4n) is 2.25. The lowest BCUT2D eigenvalue weighted by molar-refractivity contribution is 0.412. The second kappa shape index (κ2) is 6.27. The van der Waals surface area contributed by atoms with E-state index in [1.807, 2.05) is 0 Å². The summed E-state index contributed by atoms with van der Waals surface area (Å²) < 4.78 is 0. The van der Waals surface area contributed by atoms with E-state index in [9.17, 15) is 0 Å². The van der Waals surface area contributed by atoms with E-state index in [1.165, 1.54) is 36.9 Å². The summed E-state index contributed by atoms with van der Waals surface area (Å²) in [7, 11) is 0. The first-order chi connectivity index (χ1) is 7.27. The van der Waals surface area contributed by atoms with Gasteiger partial charge < -0.3 is 5.32 Å². The minimum atomic E-state index is 0. The van der Waals surface area contributed by atoms with Crippen LogP contribution in [0.2, 0.25) is 0 Å². The molecule has 1 saturated heterocycles. The monoisotopic (exact) mass is 239 g/mol. The molecule has 0 spiro atoms. The Kier molecular flexibility index (Phi) is 5.30. The van der Waals surface area contributed by atoms with Crippen molar-refractivity contribution in [2.24, 2.45) is 0 Å². The van der Waals surface area contributed by atoms with Gasteiger partial charge in [-0.05, 0) is 36.4 Å². The molecule has 1 aliphatic heterocycles. The summed E-state index contributed by atoms with van der Waals surface area (Å²) in [5.41, 5.74) is 2.90. The molecular formula is C14H22ClN. The van der Waals surface area contributed by atoms with E-state index in [4.69, 9.17) is 0 Å². The average Bonchev–Trinajstić information content (AvgIpc) is 2.30. The van der Waals surface area contributed by atoms with E-state index in [0.717, 1.165) is 0 Å². The summed E-state index contributed by atoms with van der Waals surface area (Å²) >= 11 is 0. The smallest absolute Gasteiger partial charge is 0.0320 e. The third-order valence-electron chi connectivity index (χ3n) is 3.32. The SMILES string of the molecule is CC(C)c1ccc([C@@H]2CCCCN2)cc1.Cl.